The molecule has 0 aliphatic rings. The maximum Gasteiger partial charge on any atom is 0.0889 e. The van der Waals surface area contributed by atoms with Gasteiger partial charge in [0.05, 0.1) is 29.0 Å². The van der Waals surface area contributed by atoms with E-state index in [0.29, 0.717) is 0 Å². The summed E-state index contributed by atoms with van der Waals surface area (Å²) in [6.07, 6.45) is 1.82. The second kappa shape index (κ2) is 7.17. The van der Waals surface area contributed by atoms with Crippen molar-refractivity contribution in [3.63, 3.8) is 0 Å². The predicted octanol–water partition coefficient (Wildman–Crippen LogP) is 2.07. The molecule has 1 unspecified atom stereocenters. The smallest absolute Gasteiger partial charge is 0.0889 e. The van der Waals surface area contributed by atoms with Gasteiger partial charge in [-0.15, -0.1) is 0 Å². The van der Waals surface area contributed by atoms with Crippen LogP contribution >= 0.6 is 15.9 Å². The molecule has 0 spiro atoms. The predicted molar refractivity (Wildman–Crippen MR) is 88.8 cm³/mol. The highest BCUT2D eigenvalue weighted by Crippen LogP contribution is 2.28. The largest absolute Gasteiger partial charge is 0.308 e. The lowest BCUT2D eigenvalue weighted by Crippen LogP contribution is -2.32. The zero-order valence-corrected chi connectivity index (χ0v) is 14.3. The minimum absolute atomic E-state index is 0.0929. The zero-order valence-electron chi connectivity index (χ0n) is 12.7. The molecular weight excluding hydrogens is 330 g/mol. The summed E-state index contributed by atoms with van der Waals surface area (Å²) in [5.74, 6) is 5.81. The van der Waals surface area contributed by atoms with Crippen LogP contribution in [-0.4, -0.2) is 35.3 Å². The molecule has 21 heavy (non-hydrogen) atoms. The molecule has 5 nitrogen and oxygen atoms in total. The van der Waals surface area contributed by atoms with Crippen molar-refractivity contribution >= 4 is 15.9 Å². The molecule has 0 amide bonds. The van der Waals surface area contributed by atoms with E-state index < -0.39 is 0 Å². The fraction of sp³-hybridized carbons (Fsp3) is 0.400. The van der Waals surface area contributed by atoms with Gasteiger partial charge in [0.1, 0.15) is 0 Å². The molecule has 0 aliphatic heterocycles. The van der Waals surface area contributed by atoms with Crippen molar-refractivity contribution in [2.45, 2.75) is 19.5 Å². The van der Waals surface area contributed by atoms with Crippen molar-refractivity contribution in [2.24, 2.45) is 5.84 Å². The molecule has 0 aliphatic carbocycles. The molecule has 0 radical (unpaired) electrons. The van der Waals surface area contributed by atoms with E-state index in [1.54, 1.807) is 0 Å². The van der Waals surface area contributed by atoms with Crippen LogP contribution in [0.1, 0.15) is 22.9 Å². The van der Waals surface area contributed by atoms with E-state index in [9.17, 15) is 0 Å². The quantitative estimate of drug-likeness (QED) is 0.617. The first-order chi connectivity index (χ1) is 10.0. The number of aryl methyl sites for hydroxylation is 1. The molecule has 1 aromatic carbocycles. The van der Waals surface area contributed by atoms with Crippen LogP contribution in [0.5, 0.6) is 0 Å². The van der Waals surface area contributed by atoms with Crippen molar-refractivity contribution in [2.75, 3.05) is 20.6 Å². The van der Waals surface area contributed by atoms with Crippen LogP contribution in [0.2, 0.25) is 0 Å². The monoisotopic (exact) mass is 351 g/mol. The first-order valence-electron chi connectivity index (χ1n) is 6.91. The van der Waals surface area contributed by atoms with Crippen molar-refractivity contribution in [3.8, 4) is 0 Å². The highest BCUT2D eigenvalue weighted by Gasteiger charge is 2.20. The molecule has 6 heteroatoms. The molecule has 0 saturated carbocycles. The Morgan fingerprint density at radius 2 is 2.00 bits per heavy atom. The van der Waals surface area contributed by atoms with E-state index in [1.807, 2.05) is 10.9 Å². The average Bonchev–Trinajstić information content (AvgIpc) is 2.81. The van der Waals surface area contributed by atoms with E-state index in [0.717, 1.165) is 28.8 Å². The summed E-state index contributed by atoms with van der Waals surface area (Å²) in [5.41, 5.74) is 6.30. The van der Waals surface area contributed by atoms with Crippen LogP contribution in [0, 0.1) is 6.92 Å². The van der Waals surface area contributed by atoms with E-state index in [4.69, 9.17) is 5.84 Å². The first kappa shape index (κ1) is 16.2. The minimum atomic E-state index is -0.0929. The number of hydrogen-bond acceptors (Lipinski definition) is 4. The number of aromatic nitrogens is 2. The van der Waals surface area contributed by atoms with Gasteiger partial charge in [0.25, 0.3) is 0 Å². The second-order valence-electron chi connectivity index (χ2n) is 5.41. The Kier molecular flexibility index (Phi) is 5.52. The number of rotatable bonds is 6. The third-order valence-electron chi connectivity index (χ3n) is 3.44. The molecule has 2 rings (SSSR count). The highest BCUT2D eigenvalue weighted by molar-refractivity contribution is 9.10. The Morgan fingerprint density at radius 3 is 2.57 bits per heavy atom. The lowest BCUT2D eigenvalue weighted by Gasteiger charge is -2.20. The first-order valence-corrected chi connectivity index (χ1v) is 7.71. The van der Waals surface area contributed by atoms with Crippen LogP contribution in [-0.2, 0) is 6.54 Å². The lowest BCUT2D eigenvalue weighted by atomic mass is 10.0. The minimum Gasteiger partial charge on any atom is -0.308 e. The van der Waals surface area contributed by atoms with Gasteiger partial charge < -0.3 is 4.90 Å². The third-order valence-corrected chi connectivity index (χ3v) is 4.05. The van der Waals surface area contributed by atoms with E-state index in [-0.39, 0.29) is 6.04 Å². The summed E-state index contributed by atoms with van der Waals surface area (Å²) >= 11 is 3.58. The Bertz CT molecular complexity index is 576. The number of nitrogens with one attached hydrogen (secondary N) is 1. The Hall–Kier alpha value is -1.21. The molecule has 3 N–H and O–H groups in total. The molecule has 1 heterocycles. The Morgan fingerprint density at radius 1 is 1.33 bits per heavy atom. The topological polar surface area (TPSA) is 59.1 Å². The number of hydrogen-bond donors (Lipinski definition) is 2. The standard InChI is InChI=1S/C15H22BrN5/c1-11-4-6-12(7-5-11)14(19-17)15-13(16)10-18-21(15)9-8-20(2)3/h4-7,10,14,19H,8-9,17H2,1-3H3. The van der Waals surface area contributed by atoms with Gasteiger partial charge in [0.2, 0.25) is 0 Å². The van der Waals surface area contributed by atoms with Gasteiger partial charge in [-0.05, 0) is 42.5 Å². The van der Waals surface area contributed by atoms with Gasteiger partial charge in [0, 0.05) is 6.54 Å². The second-order valence-corrected chi connectivity index (χ2v) is 6.27. The van der Waals surface area contributed by atoms with Gasteiger partial charge in [-0.2, -0.15) is 5.10 Å². The summed E-state index contributed by atoms with van der Waals surface area (Å²) < 4.78 is 2.96. The third kappa shape index (κ3) is 3.91. The fourth-order valence-corrected chi connectivity index (χ4v) is 2.75. The van der Waals surface area contributed by atoms with Crippen LogP contribution in [0.3, 0.4) is 0 Å². The van der Waals surface area contributed by atoms with Crippen LogP contribution < -0.4 is 11.3 Å². The average molecular weight is 352 g/mol. The molecule has 114 valence electrons. The molecule has 0 fully saturated rings. The number of hydrazine groups is 1. The maximum atomic E-state index is 5.81. The highest BCUT2D eigenvalue weighted by atomic mass is 79.9. The van der Waals surface area contributed by atoms with Crippen molar-refractivity contribution in [1.29, 1.82) is 0 Å². The number of nitrogens with zero attached hydrogens (tertiary/aromatic N) is 3. The summed E-state index contributed by atoms with van der Waals surface area (Å²) in [6, 6.07) is 8.28. The van der Waals surface area contributed by atoms with Gasteiger partial charge in [-0.3, -0.25) is 10.5 Å². The van der Waals surface area contributed by atoms with E-state index in [2.05, 4.69) is 76.6 Å². The molecule has 0 saturated heterocycles. The molecule has 0 bridgehead atoms. The number of benzene rings is 1. The summed E-state index contributed by atoms with van der Waals surface area (Å²) in [4.78, 5) is 2.14. The van der Waals surface area contributed by atoms with Crippen molar-refractivity contribution < 1.29 is 0 Å². The molecule has 1 atom stereocenters. The SMILES string of the molecule is Cc1ccc(C(NN)c2c(Br)cnn2CCN(C)C)cc1. The van der Waals surface area contributed by atoms with Crippen molar-refractivity contribution in [3.05, 3.63) is 51.8 Å². The number of likely N-dealkylation sites (N-methyl/N-ethyl adjacent to an activating group) is 1. The molecule has 2 aromatic rings. The summed E-state index contributed by atoms with van der Waals surface area (Å²) in [7, 11) is 4.10. The van der Waals surface area contributed by atoms with Crippen LogP contribution in [0.25, 0.3) is 0 Å². The maximum absolute atomic E-state index is 5.81. The molecular formula is C15H22BrN5. The molecule has 1 aromatic heterocycles. The Balaban J connectivity index is 2.33. The van der Waals surface area contributed by atoms with Gasteiger partial charge in [-0.25, -0.2) is 5.43 Å². The van der Waals surface area contributed by atoms with Gasteiger partial charge in [0.15, 0.2) is 0 Å². The lowest BCUT2D eigenvalue weighted by molar-refractivity contribution is 0.365. The number of halogens is 1. The summed E-state index contributed by atoms with van der Waals surface area (Å²) in [6.45, 7) is 3.82. The normalized spacial score (nSPS) is 12.9. The van der Waals surface area contributed by atoms with Crippen molar-refractivity contribution in [1.82, 2.24) is 20.1 Å². The van der Waals surface area contributed by atoms with Gasteiger partial charge >= 0.3 is 0 Å². The van der Waals surface area contributed by atoms with Gasteiger partial charge in [-0.1, -0.05) is 29.8 Å². The van der Waals surface area contributed by atoms with Crippen LogP contribution in [0.15, 0.2) is 34.9 Å². The summed E-state index contributed by atoms with van der Waals surface area (Å²) in [5, 5.41) is 4.45. The number of nitrogens with two attached hydrogens (primary N) is 1. The van der Waals surface area contributed by atoms with E-state index >= 15 is 0 Å². The fourth-order valence-electron chi connectivity index (χ4n) is 2.22. The van der Waals surface area contributed by atoms with Crippen LogP contribution in [0.4, 0.5) is 0 Å². The van der Waals surface area contributed by atoms with E-state index in [1.165, 1.54) is 5.56 Å². The zero-order chi connectivity index (χ0) is 15.4. The Labute approximate surface area is 134 Å².